The van der Waals surface area contributed by atoms with E-state index >= 15 is 0 Å². The molecule has 2 rings (SSSR count). The minimum Gasteiger partial charge on any atom is -0.464 e. The van der Waals surface area contributed by atoms with Gasteiger partial charge < -0.3 is 14.5 Å². The number of fused-ring (bicyclic) bond motifs is 1. The van der Waals surface area contributed by atoms with Gasteiger partial charge in [-0.15, -0.1) is 0 Å². The maximum absolute atomic E-state index is 11.9. The zero-order valence-corrected chi connectivity index (χ0v) is 10.5. The molecule has 2 aliphatic rings. The Morgan fingerprint density at radius 2 is 2.12 bits per heavy atom. The molecule has 3 atom stereocenters. The second kappa shape index (κ2) is 3.91. The molecular weight excluding hydrogens is 204 g/mol. The molecule has 0 bridgehead atoms. The van der Waals surface area contributed by atoms with Crippen LogP contribution in [-0.4, -0.2) is 42.3 Å². The van der Waals surface area contributed by atoms with Crippen LogP contribution in [0.2, 0.25) is 0 Å². The summed E-state index contributed by atoms with van der Waals surface area (Å²) >= 11 is 0. The maximum atomic E-state index is 11.9. The Bertz CT molecular complexity index is 285. The van der Waals surface area contributed by atoms with Crippen LogP contribution in [0.4, 0.5) is 4.79 Å². The Labute approximate surface area is 97.5 Å². The quantitative estimate of drug-likeness (QED) is 0.603. The number of quaternary nitrogens is 1. The summed E-state index contributed by atoms with van der Waals surface area (Å²) in [6.07, 6.45) is 1.01. The SMILES string of the molecule is [CH2-][NH+]1CCC2CN(C(=O)OC(C)(C)C)CC21. The van der Waals surface area contributed by atoms with Crippen molar-refractivity contribution >= 4 is 6.09 Å². The van der Waals surface area contributed by atoms with Gasteiger partial charge in [-0.3, -0.25) is 0 Å². The summed E-state index contributed by atoms with van der Waals surface area (Å²) < 4.78 is 5.38. The van der Waals surface area contributed by atoms with Gasteiger partial charge in [0.2, 0.25) is 0 Å². The number of ether oxygens (including phenoxy) is 1. The molecule has 2 aliphatic heterocycles. The molecule has 3 unspecified atom stereocenters. The van der Waals surface area contributed by atoms with Crippen molar-refractivity contribution < 1.29 is 14.4 Å². The average Bonchev–Trinajstić information content (AvgIpc) is 2.65. The lowest BCUT2D eigenvalue weighted by Gasteiger charge is -2.26. The highest BCUT2D eigenvalue weighted by molar-refractivity contribution is 5.68. The molecule has 1 N–H and O–H groups in total. The minimum absolute atomic E-state index is 0.172. The maximum Gasteiger partial charge on any atom is 0.410 e. The molecule has 92 valence electrons. The van der Waals surface area contributed by atoms with Gasteiger partial charge in [0.25, 0.3) is 0 Å². The number of nitrogens with one attached hydrogen (secondary N) is 1. The molecule has 0 aromatic heterocycles. The van der Waals surface area contributed by atoms with Crippen molar-refractivity contribution in [1.82, 2.24) is 4.90 Å². The lowest BCUT2D eigenvalue weighted by molar-refractivity contribution is -0.866. The molecule has 0 aliphatic carbocycles. The standard InChI is InChI=1S/C12H22N2O2/c1-12(2,3)16-11(15)14-7-9-5-6-13(4)10(9)8-14/h9-10,13H,4-8H2,1-3H3. The summed E-state index contributed by atoms with van der Waals surface area (Å²) in [6.45, 7) is 8.50. The van der Waals surface area contributed by atoms with Gasteiger partial charge in [-0.1, -0.05) is 0 Å². The molecule has 0 spiro atoms. The Kier molecular flexibility index (Phi) is 2.86. The molecule has 0 aromatic carbocycles. The van der Waals surface area contributed by atoms with Crippen LogP contribution in [0.25, 0.3) is 0 Å². The molecule has 0 aromatic rings. The number of likely N-dealkylation sites (tertiary alicyclic amines) is 2. The van der Waals surface area contributed by atoms with Crippen LogP contribution < -0.4 is 4.90 Å². The summed E-state index contributed by atoms with van der Waals surface area (Å²) in [5, 5.41) is 0. The summed E-state index contributed by atoms with van der Waals surface area (Å²) in [4.78, 5) is 15.0. The summed E-state index contributed by atoms with van der Waals surface area (Å²) in [6, 6.07) is 0.521. The first-order valence-corrected chi connectivity index (χ1v) is 6.02. The van der Waals surface area contributed by atoms with E-state index in [2.05, 4.69) is 7.05 Å². The van der Waals surface area contributed by atoms with E-state index in [4.69, 9.17) is 4.74 Å². The summed E-state index contributed by atoms with van der Waals surface area (Å²) in [5.41, 5.74) is -0.397. The van der Waals surface area contributed by atoms with Crippen molar-refractivity contribution in [3.8, 4) is 0 Å². The van der Waals surface area contributed by atoms with Gasteiger partial charge in [-0.2, -0.15) is 7.05 Å². The molecule has 2 fully saturated rings. The van der Waals surface area contributed by atoms with Crippen LogP contribution in [0.5, 0.6) is 0 Å². The molecule has 1 amide bonds. The van der Waals surface area contributed by atoms with Crippen LogP contribution in [0.3, 0.4) is 0 Å². The summed E-state index contributed by atoms with van der Waals surface area (Å²) in [7, 11) is 4.09. The second-order valence-electron chi connectivity index (χ2n) is 5.95. The van der Waals surface area contributed by atoms with Gasteiger partial charge in [-0.05, 0) is 20.8 Å². The van der Waals surface area contributed by atoms with E-state index in [1.54, 1.807) is 0 Å². The third kappa shape index (κ3) is 2.32. The first-order chi connectivity index (χ1) is 7.37. The molecule has 2 heterocycles. The Hall–Kier alpha value is -0.770. The van der Waals surface area contributed by atoms with Crippen molar-refractivity contribution in [3.05, 3.63) is 7.05 Å². The first kappa shape index (κ1) is 11.7. The Balaban J connectivity index is 1.92. The topological polar surface area (TPSA) is 34.0 Å². The van der Waals surface area contributed by atoms with Gasteiger partial charge in [0.1, 0.15) is 5.60 Å². The third-order valence-corrected chi connectivity index (χ3v) is 3.45. The van der Waals surface area contributed by atoms with Crippen LogP contribution in [0.15, 0.2) is 0 Å². The highest BCUT2D eigenvalue weighted by Gasteiger charge is 2.43. The van der Waals surface area contributed by atoms with Gasteiger partial charge in [0.15, 0.2) is 0 Å². The monoisotopic (exact) mass is 226 g/mol. The van der Waals surface area contributed by atoms with E-state index in [9.17, 15) is 4.79 Å². The van der Waals surface area contributed by atoms with E-state index in [0.717, 1.165) is 19.6 Å². The smallest absolute Gasteiger partial charge is 0.410 e. The number of hydrogen-bond acceptors (Lipinski definition) is 2. The van der Waals surface area contributed by atoms with Crippen LogP contribution in [-0.2, 0) is 4.74 Å². The Morgan fingerprint density at radius 1 is 1.44 bits per heavy atom. The third-order valence-electron chi connectivity index (χ3n) is 3.45. The number of carbonyl (C=O) groups is 1. The molecule has 16 heavy (non-hydrogen) atoms. The number of amides is 1. The normalized spacial score (nSPS) is 34.0. The van der Waals surface area contributed by atoms with E-state index in [-0.39, 0.29) is 6.09 Å². The Morgan fingerprint density at radius 3 is 2.69 bits per heavy atom. The zero-order chi connectivity index (χ0) is 11.9. The van der Waals surface area contributed by atoms with E-state index in [1.807, 2.05) is 25.7 Å². The molecular formula is C12H22N2O2. The second-order valence-corrected chi connectivity index (χ2v) is 5.95. The van der Waals surface area contributed by atoms with E-state index in [0.29, 0.717) is 12.0 Å². The van der Waals surface area contributed by atoms with Gasteiger partial charge in [-0.25, -0.2) is 4.79 Å². The first-order valence-electron chi connectivity index (χ1n) is 6.02. The van der Waals surface area contributed by atoms with Gasteiger partial charge in [0.05, 0.1) is 19.1 Å². The van der Waals surface area contributed by atoms with Gasteiger partial charge in [0, 0.05) is 18.9 Å². The fourth-order valence-corrected chi connectivity index (χ4v) is 2.66. The van der Waals surface area contributed by atoms with Crippen molar-refractivity contribution in [2.24, 2.45) is 5.92 Å². The molecule has 0 saturated carbocycles. The van der Waals surface area contributed by atoms with E-state index in [1.165, 1.54) is 11.3 Å². The van der Waals surface area contributed by atoms with E-state index < -0.39 is 5.60 Å². The average molecular weight is 226 g/mol. The zero-order valence-electron chi connectivity index (χ0n) is 10.5. The highest BCUT2D eigenvalue weighted by atomic mass is 16.6. The number of nitrogens with zero attached hydrogens (tertiary/aromatic N) is 1. The van der Waals surface area contributed by atoms with Crippen LogP contribution in [0.1, 0.15) is 27.2 Å². The lowest BCUT2D eigenvalue weighted by Crippen LogP contribution is -3.09. The fraction of sp³-hybridized carbons (Fsp3) is 0.833. The highest BCUT2D eigenvalue weighted by Crippen LogP contribution is 2.23. The van der Waals surface area contributed by atoms with Gasteiger partial charge >= 0.3 is 6.09 Å². The van der Waals surface area contributed by atoms with Crippen molar-refractivity contribution in [1.29, 1.82) is 0 Å². The minimum atomic E-state index is -0.397. The predicted octanol–water partition coefficient (Wildman–Crippen LogP) is 0.302. The fourth-order valence-electron chi connectivity index (χ4n) is 2.66. The van der Waals surface area contributed by atoms with Crippen molar-refractivity contribution in [2.75, 3.05) is 19.6 Å². The summed E-state index contributed by atoms with van der Waals surface area (Å²) in [5.74, 6) is 0.625. The van der Waals surface area contributed by atoms with Crippen molar-refractivity contribution in [2.45, 2.75) is 38.8 Å². The lowest BCUT2D eigenvalue weighted by atomic mass is 10.1. The van der Waals surface area contributed by atoms with Crippen molar-refractivity contribution in [3.63, 3.8) is 0 Å². The molecule has 2 saturated heterocycles. The van der Waals surface area contributed by atoms with Crippen LogP contribution in [0, 0.1) is 13.0 Å². The largest absolute Gasteiger partial charge is 0.464 e. The molecule has 4 nitrogen and oxygen atoms in total. The van der Waals surface area contributed by atoms with Crippen LogP contribution >= 0.6 is 0 Å². The molecule has 4 heteroatoms. The molecule has 0 radical (unpaired) electrons. The number of carbonyl (C=O) groups excluding carboxylic acids is 1. The number of hydrogen-bond donors (Lipinski definition) is 1. The number of rotatable bonds is 0. The predicted molar refractivity (Wildman–Crippen MR) is 60.9 cm³/mol.